The van der Waals surface area contributed by atoms with E-state index in [1.807, 2.05) is 18.2 Å². The van der Waals surface area contributed by atoms with Crippen molar-refractivity contribution in [3.63, 3.8) is 0 Å². The average Bonchev–Trinajstić information content (AvgIpc) is 2.04. The molecule has 1 aromatic rings. The van der Waals surface area contributed by atoms with Gasteiger partial charge < -0.3 is 4.74 Å². The normalized spacial score (nSPS) is 12.5. The van der Waals surface area contributed by atoms with Gasteiger partial charge in [0.1, 0.15) is 5.75 Å². The van der Waals surface area contributed by atoms with Gasteiger partial charge in [-0.05, 0) is 31.5 Å². The van der Waals surface area contributed by atoms with Crippen molar-refractivity contribution in [2.24, 2.45) is 0 Å². The molecule has 1 atom stereocenters. The molecule has 1 unspecified atom stereocenters. The van der Waals surface area contributed by atoms with Gasteiger partial charge in [-0.2, -0.15) is 0 Å². The van der Waals surface area contributed by atoms with Crippen molar-refractivity contribution in [3.05, 3.63) is 36.2 Å². The molecular formula is C11H14ClO. The van der Waals surface area contributed by atoms with Crippen molar-refractivity contribution < 1.29 is 4.74 Å². The van der Waals surface area contributed by atoms with Gasteiger partial charge in [0.05, 0.1) is 6.10 Å². The first-order valence-electron chi connectivity index (χ1n) is 4.47. The van der Waals surface area contributed by atoms with E-state index in [-0.39, 0.29) is 6.10 Å². The molecule has 0 aliphatic carbocycles. The summed E-state index contributed by atoms with van der Waals surface area (Å²) in [4.78, 5) is 0. The summed E-state index contributed by atoms with van der Waals surface area (Å²) >= 11 is 5.80. The van der Waals surface area contributed by atoms with Crippen LogP contribution in [0.5, 0.6) is 5.75 Å². The van der Waals surface area contributed by atoms with Crippen LogP contribution in [-0.4, -0.2) is 6.10 Å². The third-order valence-corrected chi connectivity index (χ3v) is 1.94. The number of halogens is 1. The van der Waals surface area contributed by atoms with Crippen LogP contribution in [0.15, 0.2) is 24.3 Å². The van der Waals surface area contributed by atoms with E-state index in [1.54, 1.807) is 6.07 Å². The minimum absolute atomic E-state index is 0.0171. The second-order valence-corrected chi connectivity index (χ2v) is 3.42. The summed E-state index contributed by atoms with van der Waals surface area (Å²) in [6.45, 7) is 6.00. The van der Waals surface area contributed by atoms with Crippen LogP contribution in [0.3, 0.4) is 0 Å². The van der Waals surface area contributed by atoms with Gasteiger partial charge in [-0.25, -0.2) is 0 Å². The van der Waals surface area contributed by atoms with E-state index in [2.05, 4.69) is 13.8 Å². The molecule has 1 radical (unpaired) electrons. The third kappa shape index (κ3) is 3.69. The molecule has 0 N–H and O–H groups in total. The van der Waals surface area contributed by atoms with E-state index in [1.165, 1.54) is 0 Å². The summed E-state index contributed by atoms with van der Waals surface area (Å²) < 4.78 is 5.54. The zero-order valence-corrected chi connectivity index (χ0v) is 8.55. The summed E-state index contributed by atoms with van der Waals surface area (Å²) in [5, 5.41) is 0.696. The summed E-state index contributed by atoms with van der Waals surface area (Å²) in [7, 11) is 0. The SMILES string of the molecule is [CH2]C(CCC)Oc1cccc(Cl)c1. The molecular weight excluding hydrogens is 184 g/mol. The molecule has 0 aliphatic heterocycles. The molecule has 13 heavy (non-hydrogen) atoms. The highest BCUT2D eigenvalue weighted by molar-refractivity contribution is 6.30. The van der Waals surface area contributed by atoms with Gasteiger partial charge >= 0.3 is 0 Å². The Labute approximate surface area is 84.7 Å². The van der Waals surface area contributed by atoms with Crippen molar-refractivity contribution in [1.29, 1.82) is 0 Å². The molecule has 1 nitrogen and oxygen atoms in total. The van der Waals surface area contributed by atoms with Gasteiger partial charge in [-0.1, -0.05) is 31.0 Å². The molecule has 0 fully saturated rings. The maximum Gasteiger partial charge on any atom is 0.121 e. The predicted octanol–water partition coefficient (Wildman–Crippen LogP) is 3.72. The summed E-state index contributed by atoms with van der Waals surface area (Å²) in [6.07, 6.45) is 2.06. The van der Waals surface area contributed by atoms with E-state index in [9.17, 15) is 0 Å². The molecule has 0 aliphatic rings. The van der Waals surface area contributed by atoms with Gasteiger partial charge in [0, 0.05) is 5.02 Å². The van der Waals surface area contributed by atoms with Gasteiger partial charge in [-0.3, -0.25) is 0 Å². The third-order valence-electron chi connectivity index (χ3n) is 1.71. The van der Waals surface area contributed by atoms with Crippen LogP contribution in [0.4, 0.5) is 0 Å². The second-order valence-electron chi connectivity index (χ2n) is 2.99. The minimum Gasteiger partial charge on any atom is -0.490 e. The molecule has 0 aromatic heterocycles. The van der Waals surface area contributed by atoms with Crippen LogP contribution in [0.2, 0.25) is 5.02 Å². The van der Waals surface area contributed by atoms with E-state index in [0.717, 1.165) is 18.6 Å². The van der Waals surface area contributed by atoms with Crippen molar-refractivity contribution in [3.8, 4) is 5.75 Å². The Bertz CT molecular complexity index is 260. The Morgan fingerprint density at radius 3 is 2.92 bits per heavy atom. The summed E-state index contributed by atoms with van der Waals surface area (Å²) in [5.74, 6) is 0.793. The standard InChI is InChI=1S/C11H14ClO/c1-3-5-9(2)13-11-7-4-6-10(12)8-11/h4,6-9H,2-3,5H2,1H3. The van der Waals surface area contributed by atoms with Crippen LogP contribution in [-0.2, 0) is 0 Å². The number of hydrogen-bond acceptors (Lipinski definition) is 1. The maximum absolute atomic E-state index is 5.80. The molecule has 1 aromatic carbocycles. The van der Waals surface area contributed by atoms with Crippen LogP contribution in [0.1, 0.15) is 19.8 Å². The topological polar surface area (TPSA) is 9.23 Å². The van der Waals surface area contributed by atoms with Crippen molar-refractivity contribution in [2.75, 3.05) is 0 Å². The van der Waals surface area contributed by atoms with Gasteiger partial charge in [-0.15, -0.1) is 0 Å². The quantitative estimate of drug-likeness (QED) is 0.715. The molecule has 2 heteroatoms. The van der Waals surface area contributed by atoms with Crippen molar-refractivity contribution in [1.82, 2.24) is 0 Å². The molecule has 0 bridgehead atoms. The fourth-order valence-corrected chi connectivity index (χ4v) is 1.29. The zero-order valence-electron chi connectivity index (χ0n) is 7.79. The first-order valence-corrected chi connectivity index (χ1v) is 4.85. The second kappa shape index (κ2) is 5.13. The van der Waals surface area contributed by atoms with E-state index >= 15 is 0 Å². The Morgan fingerprint density at radius 2 is 2.31 bits per heavy atom. The molecule has 0 saturated heterocycles. The zero-order chi connectivity index (χ0) is 9.68. The van der Waals surface area contributed by atoms with Crippen LogP contribution in [0, 0.1) is 6.92 Å². The molecule has 0 amide bonds. The average molecular weight is 198 g/mol. The monoisotopic (exact) mass is 197 g/mol. The van der Waals surface area contributed by atoms with Crippen LogP contribution >= 0.6 is 11.6 Å². The number of hydrogen-bond donors (Lipinski definition) is 0. The maximum atomic E-state index is 5.80. The molecule has 1 rings (SSSR count). The highest BCUT2D eigenvalue weighted by atomic mass is 35.5. The highest BCUT2D eigenvalue weighted by Gasteiger charge is 2.02. The fourth-order valence-electron chi connectivity index (χ4n) is 1.11. The van der Waals surface area contributed by atoms with E-state index < -0.39 is 0 Å². The summed E-state index contributed by atoms with van der Waals surface area (Å²) in [6, 6.07) is 7.39. The summed E-state index contributed by atoms with van der Waals surface area (Å²) in [5.41, 5.74) is 0. The Balaban J connectivity index is 2.53. The first kappa shape index (κ1) is 10.4. The number of benzene rings is 1. The minimum atomic E-state index is 0.0171. The van der Waals surface area contributed by atoms with E-state index in [4.69, 9.17) is 16.3 Å². The molecule has 0 heterocycles. The Morgan fingerprint density at radius 1 is 1.54 bits per heavy atom. The lowest BCUT2D eigenvalue weighted by Crippen LogP contribution is -2.11. The van der Waals surface area contributed by atoms with Crippen molar-refractivity contribution in [2.45, 2.75) is 25.9 Å². The van der Waals surface area contributed by atoms with Crippen molar-refractivity contribution >= 4 is 11.6 Å². The van der Waals surface area contributed by atoms with Gasteiger partial charge in [0.15, 0.2) is 0 Å². The first-order chi connectivity index (χ1) is 6.22. The van der Waals surface area contributed by atoms with E-state index in [0.29, 0.717) is 5.02 Å². The fraction of sp³-hybridized carbons (Fsp3) is 0.364. The number of rotatable bonds is 4. The van der Waals surface area contributed by atoms with Crippen LogP contribution in [0.25, 0.3) is 0 Å². The Hall–Kier alpha value is -0.690. The lowest BCUT2D eigenvalue weighted by Gasteiger charge is -2.13. The smallest absolute Gasteiger partial charge is 0.121 e. The van der Waals surface area contributed by atoms with Crippen LogP contribution < -0.4 is 4.74 Å². The van der Waals surface area contributed by atoms with Gasteiger partial charge in [0.2, 0.25) is 0 Å². The highest BCUT2D eigenvalue weighted by Crippen LogP contribution is 2.19. The van der Waals surface area contributed by atoms with Gasteiger partial charge in [0.25, 0.3) is 0 Å². The molecule has 71 valence electrons. The lowest BCUT2D eigenvalue weighted by atomic mass is 10.2. The molecule has 0 saturated carbocycles. The largest absolute Gasteiger partial charge is 0.490 e. The number of ether oxygens (including phenoxy) is 1. The molecule has 0 spiro atoms. The lowest BCUT2D eigenvalue weighted by molar-refractivity contribution is 0.235. The Kier molecular flexibility index (Phi) is 4.10. The predicted molar refractivity (Wildman–Crippen MR) is 56.1 cm³/mol.